The molecular formula is C24H23NO3. The summed E-state index contributed by atoms with van der Waals surface area (Å²) in [6.45, 7) is 7.94. The van der Waals surface area contributed by atoms with Gasteiger partial charge in [-0.25, -0.2) is 4.79 Å². The first kappa shape index (κ1) is 18.1. The normalized spacial score (nSPS) is 11.3. The maximum atomic E-state index is 12.9. The number of aryl methyl sites for hydroxylation is 2. The molecule has 0 radical (unpaired) electrons. The van der Waals surface area contributed by atoms with Gasteiger partial charge in [0.05, 0.1) is 17.7 Å². The van der Waals surface area contributed by atoms with Crippen molar-refractivity contribution in [1.29, 1.82) is 0 Å². The number of para-hydroxylation sites is 1. The molecular weight excluding hydrogens is 350 g/mol. The van der Waals surface area contributed by atoms with Crippen LogP contribution in [0.4, 0.5) is 0 Å². The molecule has 1 heterocycles. The van der Waals surface area contributed by atoms with E-state index < -0.39 is 0 Å². The van der Waals surface area contributed by atoms with E-state index in [0.717, 1.165) is 38.6 Å². The van der Waals surface area contributed by atoms with Gasteiger partial charge in [-0.1, -0.05) is 42.5 Å². The van der Waals surface area contributed by atoms with Crippen molar-refractivity contribution in [2.75, 3.05) is 6.61 Å². The lowest BCUT2D eigenvalue weighted by Crippen LogP contribution is -2.07. The summed E-state index contributed by atoms with van der Waals surface area (Å²) >= 11 is 0. The van der Waals surface area contributed by atoms with E-state index in [1.807, 2.05) is 56.3 Å². The molecule has 1 N–H and O–H groups in total. The Morgan fingerprint density at radius 2 is 1.64 bits per heavy atom. The molecule has 0 aliphatic carbocycles. The van der Waals surface area contributed by atoms with Crippen LogP contribution in [0.5, 0.6) is 5.75 Å². The zero-order valence-corrected chi connectivity index (χ0v) is 16.5. The Kier molecular flexibility index (Phi) is 4.34. The average Bonchev–Trinajstić information content (AvgIpc) is 3.00. The molecule has 0 atom stereocenters. The Balaban J connectivity index is 2.28. The number of phenols is 1. The lowest BCUT2D eigenvalue weighted by Gasteiger charge is -2.14. The number of nitrogens with zero attached hydrogens (tertiary/aromatic N) is 1. The van der Waals surface area contributed by atoms with Crippen molar-refractivity contribution in [3.05, 3.63) is 70.9 Å². The van der Waals surface area contributed by atoms with Gasteiger partial charge in [0.1, 0.15) is 5.75 Å². The number of hydrogen-bond acceptors (Lipinski definition) is 3. The minimum Gasteiger partial charge on any atom is -0.507 e. The third-order valence-corrected chi connectivity index (χ3v) is 5.41. The molecule has 1 aromatic heterocycles. The molecule has 0 unspecified atom stereocenters. The smallest absolute Gasteiger partial charge is 0.340 e. The number of esters is 1. The first-order valence-corrected chi connectivity index (χ1v) is 9.45. The number of aromatic hydroxyl groups is 1. The summed E-state index contributed by atoms with van der Waals surface area (Å²) in [5, 5.41) is 13.3. The molecule has 4 aromatic rings. The van der Waals surface area contributed by atoms with Crippen molar-refractivity contribution in [3.8, 4) is 11.4 Å². The van der Waals surface area contributed by atoms with Gasteiger partial charge in [-0.2, -0.15) is 0 Å². The van der Waals surface area contributed by atoms with Gasteiger partial charge in [-0.15, -0.1) is 0 Å². The van der Waals surface area contributed by atoms with Gasteiger partial charge in [0.15, 0.2) is 0 Å². The fourth-order valence-corrected chi connectivity index (χ4v) is 4.10. The van der Waals surface area contributed by atoms with Gasteiger partial charge in [0.25, 0.3) is 0 Å². The van der Waals surface area contributed by atoms with Crippen molar-refractivity contribution in [3.63, 3.8) is 0 Å². The summed E-state index contributed by atoms with van der Waals surface area (Å²) < 4.78 is 7.49. The molecule has 3 aromatic carbocycles. The van der Waals surface area contributed by atoms with E-state index in [1.54, 1.807) is 6.92 Å². The van der Waals surface area contributed by atoms with Crippen LogP contribution in [-0.2, 0) is 4.74 Å². The molecule has 0 aliphatic rings. The highest BCUT2D eigenvalue weighted by atomic mass is 16.5. The third kappa shape index (κ3) is 2.48. The molecule has 0 fully saturated rings. The van der Waals surface area contributed by atoms with Gasteiger partial charge in [0.2, 0.25) is 0 Å². The summed E-state index contributed by atoms with van der Waals surface area (Å²) in [5.41, 5.74) is 5.04. The standard InChI is InChI=1S/C24H23NO3/c1-5-28-24(27)21-16(4)25(19-13-9-6-10-14(19)2)22-17-11-7-8-12-18(17)23(26)15(3)20(21)22/h6-13,26H,5H2,1-4H3. The fourth-order valence-electron chi connectivity index (χ4n) is 4.10. The van der Waals surface area contributed by atoms with Crippen molar-refractivity contribution < 1.29 is 14.6 Å². The number of fused-ring (bicyclic) bond motifs is 3. The van der Waals surface area contributed by atoms with Gasteiger partial charge in [-0.3, -0.25) is 0 Å². The zero-order chi connectivity index (χ0) is 20.0. The first-order valence-electron chi connectivity index (χ1n) is 9.45. The van der Waals surface area contributed by atoms with E-state index in [-0.39, 0.29) is 11.7 Å². The van der Waals surface area contributed by atoms with Crippen molar-refractivity contribution in [1.82, 2.24) is 4.57 Å². The Hall–Kier alpha value is -3.27. The average molecular weight is 373 g/mol. The number of carbonyl (C=O) groups is 1. The second-order valence-electron chi connectivity index (χ2n) is 7.05. The van der Waals surface area contributed by atoms with Crippen LogP contribution in [0.2, 0.25) is 0 Å². The summed E-state index contributed by atoms with van der Waals surface area (Å²) in [7, 11) is 0. The molecule has 4 nitrogen and oxygen atoms in total. The third-order valence-electron chi connectivity index (χ3n) is 5.41. The van der Waals surface area contributed by atoms with Crippen LogP contribution in [0.25, 0.3) is 27.4 Å². The quantitative estimate of drug-likeness (QED) is 0.476. The predicted molar refractivity (Wildman–Crippen MR) is 113 cm³/mol. The summed E-state index contributed by atoms with van der Waals surface area (Å²) in [4.78, 5) is 12.9. The van der Waals surface area contributed by atoms with Crippen LogP contribution in [0.15, 0.2) is 48.5 Å². The minimum atomic E-state index is -0.366. The van der Waals surface area contributed by atoms with Crippen molar-refractivity contribution in [2.45, 2.75) is 27.7 Å². The molecule has 0 bridgehead atoms. The number of rotatable bonds is 3. The summed E-state index contributed by atoms with van der Waals surface area (Å²) in [6.07, 6.45) is 0. The van der Waals surface area contributed by atoms with Crippen LogP contribution in [0, 0.1) is 20.8 Å². The number of ether oxygens (including phenoxy) is 1. The van der Waals surface area contributed by atoms with E-state index >= 15 is 0 Å². The number of hydrogen-bond donors (Lipinski definition) is 1. The molecule has 4 heteroatoms. The molecule has 0 amide bonds. The maximum absolute atomic E-state index is 12.9. The predicted octanol–water partition coefficient (Wildman–Crippen LogP) is 5.59. The lowest BCUT2D eigenvalue weighted by molar-refractivity contribution is 0.0527. The number of benzene rings is 3. The van der Waals surface area contributed by atoms with Crippen molar-refractivity contribution in [2.24, 2.45) is 0 Å². The van der Waals surface area contributed by atoms with Gasteiger partial charge in [-0.05, 0) is 39.3 Å². The number of phenolic OH excluding ortho intramolecular Hbond substituents is 1. The van der Waals surface area contributed by atoms with E-state index in [9.17, 15) is 9.90 Å². The minimum absolute atomic E-state index is 0.204. The van der Waals surface area contributed by atoms with Gasteiger partial charge < -0.3 is 14.4 Å². The maximum Gasteiger partial charge on any atom is 0.340 e. The van der Waals surface area contributed by atoms with Crippen LogP contribution < -0.4 is 0 Å². The number of aromatic nitrogens is 1. The van der Waals surface area contributed by atoms with Crippen molar-refractivity contribution >= 4 is 27.6 Å². The fraction of sp³-hybridized carbons (Fsp3) is 0.208. The van der Waals surface area contributed by atoms with E-state index in [0.29, 0.717) is 17.7 Å². The van der Waals surface area contributed by atoms with Crippen LogP contribution in [0.1, 0.15) is 34.1 Å². The van der Waals surface area contributed by atoms with Crippen LogP contribution in [-0.4, -0.2) is 22.2 Å². The summed E-state index contributed by atoms with van der Waals surface area (Å²) in [5.74, 6) is -0.161. The molecule has 28 heavy (non-hydrogen) atoms. The molecule has 4 rings (SSSR count). The SMILES string of the molecule is CCOC(=O)c1c(C)n(-c2ccccc2C)c2c1c(C)c(O)c1ccccc12. The molecule has 0 saturated heterocycles. The van der Waals surface area contributed by atoms with E-state index in [1.165, 1.54) is 0 Å². The topological polar surface area (TPSA) is 51.5 Å². The Morgan fingerprint density at radius 1 is 1.00 bits per heavy atom. The monoisotopic (exact) mass is 373 g/mol. The molecule has 142 valence electrons. The second-order valence-corrected chi connectivity index (χ2v) is 7.05. The zero-order valence-electron chi connectivity index (χ0n) is 16.5. The Morgan fingerprint density at radius 3 is 2.32 bits per heavy atom. The van der Waals surface area contributed by atoms with Crippen LogP contribution >= 0.6 is 0 Å². The van der Waals surface area contributed by atoms with Gasteiger partial charge >= 0.3 is 5.97 Å². The Bertz CT molecular complexity index is 1230. The highest BCUT2D eigenvalue weighted by Crippen LogP contribution is 2.42. The Labute approximate surface area is 164 Å². The second kappa shape index (κ2) is 6.71. The molecule has 0 aliphatic heterocycles. The largest absolute Gasteiger partial charge is 0.507 e. The number of carbonyl (C=O) groups excluding carboxylic acids is 1. The van der Waals surface area contributed by atoms with E-state index in [4.69, 9.17) is 4.74 Å². The van der Waals surface area contributed by atoms with Gasteiger partial charge in [0, 0.05) is 33.1 Å². The van der Waals surface area contributed by atoms with E-state index in [2.05, 4.69) is 17.6 Å². The highest BCUT2D eigenvalue weighted by Gasteiger charge is 2.27. The first-order chi connectivity index (χ1) is 13.5. The lowest BCUT2D eigenvalue weighted by atomic mass is 9.98. The molecule has 0 saturated carbocycles. The summed E-state index contributed by atoms with van der Waals surface area (Å²) in [6, 6.07) is 15.9. The molecule has 0 spiro atoms. The van der Waals surface area contributed by atoms with Crippen LogP contribution in [0.3, 0.4) is 0 Å². The highest BCUT2D eigenvalue weighted by molar-refractivity contribution is 6.18.